The van der Waals surface area contributed by atoms with Crippen LogP contribution in [0.1, 0.15) is 26.3 Å². The van der Waals surface area contributed by atoms with Gasteiger partial charge in [-0.3, -0.25) is 0 Å². The van der Waals surface area contributed by atoms with Crippen LogP contribution in [0.4, 0.5) is 5.69 Å². The lowest BCUT2D eigenvalue weighted by Crippen LogP contribution is -2.10. The summed E-state index contributed by atoms with van der Waals surface area (Å²) < 4.78 is 6.94. The molecule has 1 aromatic heterocycles. The number of hydrogen-bond acceptors (Lipinski definition) is 3. The first-order valence-corrected chi connectivity index (χ1v) is 7.48. The Balaban J connectivity index is 2.10. The summed E-state index contributed by atoms with van der Waals surface area (Å²) in [5.74, 6) is 0. The van der Waals surface area contributed by atoms with E-state index in [1.165, 1.54) is 5.56 Å². The normalized spacial score (nSPS) is 13.1. The zero-order valence-electron chi connectivity index (χ0n) is 11.9. The summed E-state index contributed by atoms with van der Waals surface area (Å²) in [7, 11) is 0. The van der Waals surface area contributed by atoms with Crippen molar-refractivity contribution in [3.05, 3.63) is 59.0 Å². The molecule has 0 N–H and O–H groups in total. The molecule has 3 heteroatoms. The van der Waals surface area contributed by atoms with Crippen molar-refractivity contribution in [3.63, 3.8) is 0 Å². The van der Waals surface area contributed by atoms with Crippen molar-refractivity contribution in [3.8, 4) is 0 Å². The second-order valence-electron chi connectivity index (χ2n) is 5.83. The summed E-state index contributed by atoms with van der Waals surface area (Å²) in [6.07, 6.45) is 0. The summed E-state index contributed by atoms with van der Waals surface area (Å²) in [4.78, 5) is 5.21. The summed E-state index contributed by atoms with van der Waals surface area (Å²) in [5, 5.41) is 0. The van der Waals surface area contributed by atoms with Crippen LogP contribution < -0.4 is 4.87 Å². The lowest BCUT2D eigenvalue weighted by molar-refractivity contribution is 0.568. The Hall–Kier alpha value is -1.87. The second kappa shape index (κ2) is 4.91. The van der Waals surface area contributed by atoms with Crippen molar-refractivity contribution in [2.75, 3.05) is 0 Å². The Morgan fingerprint density at radius 3 is 2.45 bits per heavy atom. The smallest absolute Gasteiger partial charge is 0.279 e. The number of hydrogen-bond donors (Lipinski definition) is 0. The van der Waals surface area contributed by atoms with Gasteiger partial charge in [0.2, 0.25) is 0 Å². The maximum Gasteiger partial charge on any atom is 0.279 e. The van der Waals surface area contributed by atoms with Crippen LogP contribution >= 0.6 is 11.3 Å². The molecular weight excluding hydrogens is 266 g/mol. The fraction of sp³-hybridized carbons (Fsp3) is 0.235. The lowest BCUT2D eigenvalue weighted by atomic mass is 9.87. The fourth-order valence-electron chi connectivity index (χ4n) is 2.00. The van der Waals surface area contributed by atoms with E-state index in [9.17, 15) is 0 Å². The van der Waals surface area contributed by atoms with E-state index in [1.807, 2.05) is 36.4 Å². The third kappa shape index (κ3) is 2.68. The van der Waals surface area contributed by atoms with Crippen LogP contribution in [0, 0.1) is 0 Å². The van der Waals surface area contributed by atoms with E-state index in [1.54, 1.807) is 11.3 Å². The summed E-state index contributed by atoms with van der Waals surface area (Å²) >= 11 is 1.59. The topological polar surface area (TPSA) is 25.5 Å². The molecule has 0 radical (unpaired) electrons. The highest BCUT2D eigenvalue weighted by molar-refractivity contribution is 7.16. The van der Waals surface area contributed by atoms with E-state index in [4.69, 9.17) is 4.42 Å². The first-order chi connectivity index (χ1) is 9.52. The molecule has 0 amide bonds. The van der Waals surface area contributed by atoms with Crippen LogP contribution in [-0.4, -0.2) is 0 Å². The van der Waals surface area contributed by atoms with Crippen LogP contribution in [0.3, 0.4) is 0 Å². The Morgan fingerprint density at radius 1 is 1.00 bits per heavy atom. The minimum atomic E-state index is 0.148. The van der Waals surface area contributed by atoms with Crippen LogP contribution in [0.2, 0.25) is 0 Å². The maximum absolute atomic E-state index is 5.79. The summed E-state index contributed by atoms with van der Waals surface area (Å²) in [5.41, 5.74) is 3.28. The first-order valence-electron chi connectivity index (χ1n) is 6.66. The van der Waals surface area contributed by atoms with E-state index in [2.05, 4.69) is 37.9 Å². The van der Waals surface area contributed by atoms with Gasteiger partial charge in [0.05, 0.1) is 10.4 Å². The van der Waals surface area contributed by atoms with Gasteiger partial charge >= 0.3 is 0 Å². The van der Waals surface area contributed by atoms with E-state index in [0.717, 1.165) is 16.0 Å². The molecule has 0 aliphatic heterocycles. The van der Waals surface area contributed by atoms with Crippen molar-refractivity contribution in [1.29, 1.82) is 0 Å². The molecule has 0 saturated carbocycles. The number of fused-ring (bicyclic) bond motifs is 1. The molecule has 0 unspecified atom stereocenters. The molecule has 102 valence electrons. The van der Waals surface area contributed by atoms with Crippen molar-refractivity contribution >= 4 is 27.3 Å². The van der Waals surface area contributed by atoms with Gasteiger partial charge in [-0.1, -0.05) is 56.4 Å². The Morgan fingerprint density at radius 2 is 1.75 bits per heavy atom. The van der Waals surface area contributed by atoms with Gasteiger partial charge in [0.25, 0.3) is 4.87 Å². The molecule has 0 atom stereocenters. The van der Waals surface area contributed by atoms with Gasteiger partial charge in [-0.2, -0.15) is 0 Å². The maximum atomic E-state index is 5.79. The summed E-state index contributed by atoms with van der Waals surface area (Å²) in [6.45, 7) is 6.65. The van der Waals surface area contributed by atoms with Crippen LogP contribution in [0.5, 0.6) is 0 Å². The molecule has 20 heavy (non-hydrogen) atoms. The molecular formula is C17H17NOS. The van der Waals surface area contributed by atoms with Gasteiger partial charge in [-0.25, -0.2) is 4.99 Å². The monoisotopic (exact) mass is 283 g/mol. The van der Waals surface area contributed by atoms with E-state index >= 15 is 0 Å². The largest absolute Gasteiger partial charge is 0.429 e. The fourth-order valence-corrected chi connectivity index (χ4v) is 2.87. The SMILES string of the molecule is CC(C)(C)c1ccc2oc(=Nc3ccccc3)sc2c1. The highest BCUT2D eigenvalue weighted by Gasteiger charge is 2.14. The van der Waals surface area contributed by atoms with Gasteiger partial charge < -0.3 is 4.42 Å². The lowest BCUT2D eigenvalue weighted by Gasteiger charge is -2.18. The average molecular weight is 283 g/mol. The van der Waals surface area contributed by atoms with E-state index in [-0.39, 0.29) is 5.41 Å². The van der Waals surface area contributed by atoms with E-state index in [0.29, 0.717) is 4.87 Å². The number of nitrogens with zero attached hydrogens (tertiary/aromatic N) is 1. The highest BCUT2D eigenvalue weighted by atomic mass is 32.1. The number of para-hydroxylation sites is 1. The zero-order valence-corrected chi connectivity index (χ0v) is 12.7. The summed E-state index contributed by atoms with van der Waals surface area (Å²) in [6, 6.07) is 16.3. The van der Waals surface area contributed by atoms with Crippen molar-refractivity contribution in [1.82, 2.24) is 0 Å². The molecule has 2 nitrogen and oxygen atoms in total. The number of benzene rings is 2. The number of rotatable bonds is 1. The Bertz CT molecular complexity index is 791. The molecule has 0 bridgehead atoms. The van der Waals surface area contributed by atoms with Crippen molar-refractivity contribution < 1.29 is 4.42 Å². The first kappa shape index (κ1) is 13.1. The van der Waals surface area contributed by atoms with Gasteiger partial charge in [0, 0.05) is 0 Å². The van der Waals surface area contributed by atoms with Gasteiger partial charge in [-0.05, 0) is 35.2 Å². The van der Waals surface area contributed by atoms with Crippen molar-refractivity contribution in [2.24, 2.45) is 4.99 Å². The van der Waals surface area contributed by atoms with Crippen LogP contribution in [0.25, 0.3) is 10.3 Å². The van der Waals surface area contributed by atoms with Gasteiger partial charge in [0.1, 0.15) is 5.58 Å². The third-order valence-corrected chi connectivity index (χ3v) is 4.07. The zero-order chi connectivity index (χ0) is 14.2. The standard InChI is InChI=1S/C17H17NOS/c1-17(2,3)12-9-10-14-15(11-12)20-16(19-14)18-13-7-5-4-6-8-13/h4-11H,1-3H3. The molecule has 2 aromatic carbocycles. The molecule has 3 aromatic rings. The van der Waals surface area contributed by atoms with Crippen molar-refractivity contribution in [2.45, 2.75) is 26.2 Å². The minimum absolute atomic E-state index is 0.148. The highest BCUT2D eigenvalue weighted by Crippen LogP contribution is 2.27. The van der Waals surface area contributed by atoms with Gasteiger partial charge in [-0.15, -0.1) is 0 Å². The minimum Gasteiger partial charge on any atom is -0.429 e. The average Bonchev–Trinajstić information content (AvgIpc) is 2.80. The van der Waals surface area contributed by atoms with Gasteiger partial charge in [0.15, 0.2) is 0 Å². The Kier molecular flexibility index (Phi) is 3.22. The van der Waals surface area contributed by atoms with Crippen LogP contribution in [0.15, 0.2) is 57.9 Å². The second-order valence-corrected chi connectivity index (χ2v) is 6.82. The molecule has 0 spiro atoms. The molecule has 3 rings (SSSR count). The third-order valence-electron chi connectivity index (χ3n) is 3.18. The van der Waals surface area contributed by atoms with E-state index < -0.39 is 0 Å². The predicted molar refractivity (Wildman–Crippen MR) is 84.5 cm³/mol. The quantitative estimate of drug-likeness (QED) is 0.615. The molecule has 0 aliphatic rings. The molecule has 0 saturated heterocycles. The Labute approximate surface area is 122 Å². The predicted octanol–water partition coefficient (Wildman–Crippen LogP) is 5.02. The molecule has 0 fully saturated rings. The molecule has 1 heterocycles. The molecule has 0 aliphatic carbocycles. The van der Waals surface area contributed by atoms with Crippen LogP contribution in [-0.2, 0) is 5.41 Å².